The zero-order valence-electron chi connectivity index (χ0n) is 20.0. The third-order valence-electron chi connectivity index (χ3n) is 6.98. The zero-order chi connectivity index (χ0) is 25.2. The average molecular weight is 517 g/mol. The average Bonchev–Trinajstić information content (AvgIpc) is 3.10. The Morgan fingerprint density at radius 1 is 1.09 bits per heavy atom. The monoisotopic (exact) mass is 516 g/mol. The Morgan fingerprint density at radius 3 is 2.40 bits per heavy atom. The summed E-state index contributed by atoms with van der Waals surface area (Å²) in [7, 11) is 0. The molecule has 2 fully saturated rings. The molecule has 0 aliphatic carbocycles. The molecule has 35 heavy (non-hydrogen) atoms. The number of hydrogen-bond acceptors (Lipinski definition) is 4. The van der Waals surface area contributed by atoms with E-state index in [4.69, 9.17) is 23.2 Å². The SMILES string of the molecule is CCC(C)NC(=O)CN1CN(c2ccccc2)C2(CCN(C(=O)c3ccc(Cl)cc3Cl)CC2)C1=O. The molecule has 186 valence electrons. The van der Waals surface area contributed by atoms with Gasteiger partial charge in [0, 0.05) is 29.8 Å². The maximum atomic E-state index is 13.8. The van der Waals surface area contributed by atoms with Crippen LogP contribution in [-0.2, 0) is 9.59 Å². The molecule has 0 saturated carbocycles. The van der Waals surface area contributed by atoms with Crippen molar-refractivity contribution in [2.75, 3.05) is 31.2 Å². The molecule has 2 aromatic carbocycles. The summed E-state index contributed by atoms with van der Waals surface area (Å²) in [5.74, 6) is -0.414. The Labute approximate surface area is 216 Å². The molecular formula is C26H30Cl2N4O3. The van der Waals surface area contributed by atoms with Crippen LogP contribution in [0.5, 0.6) is 0 Å². The number of piperidine rings is 1. The first-order chi connectivity index (χ1) is 16.7. The molecule has 3 amide bonds. The van der Waals surface area contributed by atoms with E-state index in [1.165, 1.54) is 0 Å². The molecular weight excluding hydrogens is 487 g/mol. The Balaban J connectivity index is 1.54. The number of nitrogens with zero attached hydrogens (tertiary/aromatic N) is 3. The van der Waals surface area contributed by atoms with Gasteiger partial charge in [0.1, 0.15) is 12.1 Å². The van der Waals surface area contributed by atoms with Crippen molar-refractivity contribution in [3.63, 3.8) is 0 Å². The van der Waals surface area contributed by atoms with Crippen LogP contribution < -0.4 is 10.2 Å². The van der Waals surface area contributed by atoms with Crippen molar-refractivity contribution < 1.29 is 14.4 Å². The topological polar surface area (TPSA) is 73.0 Å². The van der Waals surface area contributed by atoms with Gasteiger partial charge in [0.05, 0.1) is 17.3 Å². The highest BCUT2D eigenvalue weighted by molar-refractivity contribution is 6.36. The molecule has 0 bridgehead atoms. The number of para-hydroxylation sites is 1. The molecule has 7 nitrogen and oxygen atoms in total. The molecule has 2 aliphatic heterocycles. The minimum atomic E-state index is -0.807. The van der Waals surface area contributed by atoms with Gasteiger partial charge in [-0.1, -0.05) is 48.3 Å². The summed E-state index contributed by atoms with van der Waals surface area (Å²) in [6, 6.07) is 14.6. The van der Waals surface area contributed by atoms with Crippen molar-refractivity contribution in [2.24, 2.45) is 0 Å². The summed E-state index contributed by atoms with van der Waals surface area (Å²) >= 11 is 12.2. The fourth-order valence-corrected chi connectivity index (χ4v) is 5.32. The van der Waals surface area contributed by atoms with Gasteiger partial charge in [-0.2, -0.15) is 0 Å². The van der Waals surface area contributed by atoms with Gasteiger partial charge in [0.15, 0.2) is 0 Å². The van der Waals surface area contributed by atoms with Crippen LogP contribution in [0.25, 0.3) is 0 Å². The van der Waals surface area contributed by atoms with E-state index < -0.39 is 5.54 Å². The first kappa shape index (κ1) is 25.3. The minimum absolute atomic E-state index is 0.0112. The van der Waals surface area contributed by atoms with Gasteiger partial charge in [-0.3, -0.25) is 14.4 Å². The number of anilines is 1. The van der Waals surface area contributed by atoms with E-state index in [0.29, 0.717) is 48.2 Å². The smallest absolute Gasteiger partial charge is 0.255 e. The summed E-state index contributed by atoms with van der Waals surface area (Å²) in [5.41, 5.74) is 0.512. The second-order valence-electron chi connectivity index (χ2n) is 9.23. The normalized spacial score (nSPS) is 18.2. The molecule has 1 N–H and O–H groups in total. The standard InChI is InChI=1S/C26H30Cl2N4O3/c1-3-18(2)29-23(33)16-31-17-32(20-7-5-4-6-8-20)26(25(31)35)11-13-30(14-12-26)24(34)21-10-9-19(27)15-22(21)28/h4-10,15,18H,3,11-14,16-17H2,1-2H3,(H,29,33). The maximum absolute atomic E-state index is 13.8. The number of hydrogen-bond donors (Lipinski definition) is 1. The predicted octanol–water partition coefficient (Wildman–Crippen LogP) is 4.19. The third kappa shape index (κ3) is 5.11. The van der Waals surface area contributed by atoms with Crippen molar-refractivity contribution in [3.8, 4) is 0 Å². The number of benzene rings is 2. The Kier molecular flexibility index (Phi) is 7.57. The second-order valence-corrected chi connectivity index (χ2v) is 10.1. The number of rotatable bonds is 6. The lowest BCUT2D eigenvalue weighted by atomic mass is 9.85. The van der Waals surface area contributed by atoms with Crippen LogP contribution in [0.15, 0.2) is 48.5 Å². The Morgan fingerprint density at radius 2 is 1.77 bits per heavy atom. The summed E-state index contributed by atoms with van der Waals surface area (Å²) in [6.45, 7) is 5.09. The van der Waals surface area contributed by atoms with Gasteiger partial charge in [0.25, 0.3) is 11.8 Å². The molecule has 2 saturated heterocycles. The largest absolute Gasteiger partial charge is 0.352 e. The number of carbonyl (C=O) groups excluding carboxylic acids is 3. The molecule has 2 heterocycles. The van der Waals surface area contributed by atoms with E-state index in [0.717, 1.165) is 12.1 Å². The van der Waals surface area contributed by atoms with Crippen LogP contribution in [0.4, 0.5) is 5.69 Å². The first-order valence-corrected chi connectivity index (χ1v) is 12.7. The summed E-state index contributed by atoms with van der Waals surface area (Å²) < 4.78 is 0. The van der Waals surface area contributed by atoms with Gasteiger partial charge in [-0.15, -0.1) is 0 Å². The van der Waals surface area contributed by atoms with E-state index in [1.807, 2.05) is 44.2 Å². The van der Waals surface area contributed by atoms with Crippen molar-refractivity contribution in [1.29, 1.82) is 0 Å². The van der Waals surface area contributed by atoms with Gasteiger partial charge in [-0.25, -0.2) is 0 Å². The van der Waals surface area contributed by atoms with Gasteiger partial charge in [0.2, 0.25) is 5.91 Å². The molecule has 0 aromatic heterocycles. The highest BCUT2D eigenvalue weighted by Gasteiger charge is 2.54. The Bertz CT molecular complexity index is 1100. The molecule has 2 aromatic rings. The molecule has 1 unspecified atom stereocenters. The lowest BCUT2D eigenvalue weighted by Crippen LogP contribution is -2.57. The van der Waals surface area contributed by atoms with Crippen molar-refractivity contribution in [3.05, 3.63) is 64.1 Å². The third-order valence-corrected chi connectivity index (χ3v) is 7.52. The lowest BCUT2D eigenvalue weighted by molar-refractivity contribution is -0.137. The van der Waals surface area contributed by atoms with Crippen molar-refractivity contribution in [1.82, 2.24) is 15.1 Å². The quantitative estimate of drug-likeness (QED) is 0.624. The maximum Gasteiger partial charge on any atom is 0.255 e. The summed E-state index contributed by atoms with van der Waals surface area (Å²) in [6.07, 6.45) is 1.74. The number of nitrogens with one attached hydrogen (secondary N) is 1. The highest BCUT2D eigenvalue weighted by atomic mass is 35.5. The number of carbonyl (C=O) groups is 3. The number of amides is 3. The predicted molar refractivity (Wildman–Crippen MR) is 138 cm³/mol. The van der Waals surface area contributed by atoms with E-state index >= 15 is 0 Å². The summed E-state index contributed by atoms with van der Waals surface area (Å²) in [4.78, 5) is 44.9. The fraction of sp³-hybridized carbons (Fsp3) is 0.423. The molecule has 9 heteroatoms. The zero-order valence-corrected chi connectivity index (χ0v) is 21.5. The fourth-order valence-electron chi connectivity index (χ4n) is 4.83. The van der Waals surface area contributed by atoms with Crippen molar-refractivity contribution in [2.45, 2.75) is 44.7 Å². The van der Waals surface area contributed by atoms with Crippen LogP contribution in [0.2, 0.25) is 10.0 Å². The Hall–Kier alpha value is -2.77. The van der Waals surface area contributed by atoms with Gasteiger partial charge in [-0.05, 0) is 56.5 Å². The first-order valence-electron chi connectivity index (χ1n) is 11.9. The highest BCUT2D eigenvalue weighted by Crippen LogP contribution is 2.40. The summed E-state index contributed by atoms with van der Waals surface area (Å²) in [5, 5.41) is 3.72. The van der Waals surface area contributed by atoms with E-state index in [9.17, 15) is 14.4 Å². The van der Waals surface area contributed by atoms with Crippen LogP contribution in [-0.4, -0.2) is 65.4 Å². The lowest BCUT2D eigenvalue weighted by Gasteiger charge is -2.43. The van der Waals surface area contributed by atoms with Crippen LogP contribution in [0, 0.1) is 0 Å². The minimum Gasteiger partial charge on any atom is -0.352 e. The molecule has 2 aliphatic rings. The van der Waals surface area contributed by atoms with Crippen molar-refractivity contribution >= 4 is 46.6 Å². The van der Waals surface area contributed by atoms with Crippen LogP contribution >= 0.6 is 23.2 Å². The molecule has 1 spiro atoms. The van der Waals surface area contributed by atoms with E-state index in [-0.39, 0.29) is 30.3 Å². The van der Waals surface area contributed by atoms with Gasteiger partial charge < -0.3 is 20.0 Å². The molecule has 0 radical (unpaired) electrons. The van der Waals surface area contributed by atoms with Crippen LogP contribution in [0.3, 0.4) is 0 Å². The molecule has 1 atom stereocenters. The van der Waals surface area contributed by atoms with E-state index in [2.05, 4.69) is 10.2 Å². The van der Waals surface area contributed by atoms with Gasteiger partial charge >= 0.3 is 0 Å². The number of halogens is 2. The molecule has 4 rings (SSSR count). The van der Waals surface area contributed by atoms with Crippen LogP contribution in [0.1, 0.15) is 43.5 Å². The second kappa shape index (κ2) is 10.5. The number of likely N-dealkylation sites (tertiary alicyclic amines) is 1. The van der Waals surface area contributed by atoms with E-state index in [1.54, 1.807) is 28.0 Å².